The van der Waals surface area contributed by atoms with Crippen LogP contribution in [0.15, 0.2) is 72.8 Å². The zero-order valence-electron chi connectivity index (χ0n) is 28.7. The number of fused-ring (bicyclic) bond motifs is 8. The maximum absolute atomic E-state index is 14.1. The topological polar surface area (TPSA) is 99.5 Å². The molecule has 252 valence electrons. The fourth-order valence-corrected chi connectivity index (χ4v) is 6.47. The highest BCUT2D eigenvalue weighted by molar-refractivity contribution is 5.90. The molecular weight excluding hydrogens is 604 g/mol. The Hall–Kier alpha value is -4.98. The molecule has 2 amide bonds. The van der Waals surface area contributed by atoms with Gasteiger partial charge >= 0.3 is 0 Å². The Morgan fingerprint density at radius 1 is 0.583 bits per heavy atom. The normalized spacial score (nSPS) is 15.4. The average molecular weight is 651 g/mol. The van der Waals surface area contributed by atoms with Gasteiger partial charge in [0.25, 0.3) is 0 Å². The molecule has 4 aromatic rings. The molecular formula is C40H46N2O6. The number of carbonyl (C=O) groups excluding carboxylic acids is 2. The summed E-state index contributed by atoms with van der Waals surface area (Å²) in [5.41, 5.74) is 4.97. The van der Waals surface area contributed by atoms with Crippen LogP contribution in [0.1, 0.15) is 83.0 Å². The molecule has 48 heavy (non-hydrogen) atoms. The molecule has 8 heteroatoms. The van der Waals surface area contributed by atoms with Gasteiger partial charge in [0.1, 0.15) is 23.0 Å². The summed E-state index contributed by atoms with van der Waals surface area (Å²) in [6, 6.07) is 22.4. The molecule has 0 saturated heterocycles. The SMILES string of the molecule is CCCOc1c2cccc1[C@H](C(=O)N(C)C)c1cccc(c1O)Cc1cccc(c1OCCC)[C@H](C(=O)N(C)C)c1cccc(c1O)C2. The second kappa shape index (κ2) is 14.8. The molecule has 1 aliphatic rings. The number of likely N-dealkylation sites (N-methyl/N-ethyl adjacent to an activating group) is 2. The molecule has 0 spiro atoms. The monoisotopic (exact) mass is 650 g/mol. The lowest BCUT2D eigenvalue weighted by Crippen LogP contribution is -2.30. The number of rotatable bonds is 8. The van der Waals surface area contributed by atoms with Crippen LogP contribution in [-0.4, -0.2) is 73.2 Å². The van der Waals surface area contributed by atoms with Crippen molar-refractivity contribution in [2.24, 2.45) is 0 Å². The fraction of sp³-hybridized carbons (Fsp3) is 0.350. The summed E-state index contributed by atoms with van der Waals surface area (Å²) < 4.78 is 12.8. The summed E-state index contributed by atoms with van der Waals surface area (Å²) in [5.74, 6) is -0.991. The Labute approximate surface area is 283 Å². The number of amides is 2. The molecule has 5 rings (SSSR count). The van der Waals surface area contributed by atoms with Crippen LogP contribution in [0, 0.1) is 0 Å². The first-order valence-electron chi connectivity index (χ1n) is 16.6. The Kier molecular flexibility index (Phi) is 10.6. The minimum absolute atomic E-state index is 0.0206. The van der Waals surface area contributed by atoms with Crippen LogP contribution in [0.25, 0.3) is 0 Å². The fourth-order valence-electron chi connectivity index (χ4n) is 6.47. The minimum Gasteiger partial charge on any atom is -0.507 e. The summed E-state index contributed by atoms with van der Waals surface area (Å²) in [6.45, 7) is 4.87. The predicted octanol–water partition coefficient (Wildman–Crippen LogP) is 6.61. The Balaban J connectivity index is 1.89. The molecule has 0 radical (unpaired) electrons. The molecule has 0 fully saturated rings. The third kappa shape index (κ3) is 6.70. The molecule has 0 aromatic heterocycles. The van der Waals surface area contributed by atoms with Crippen molar-refractivity contribution in [3.05, 3.63) is 117 Å². The van der Waals surface area contributed by atoms with Crippen LogP contribution < -0.4 is 9.47 Å². The number of hydrogen-bond donors (Lipinski definition) is 2. The van der Waals surface area contributed by atoms with E-state index in [1.165, 1.54) is 9.80 Å². The Morgan fingerprint density at radius 2 is 0.917 bits per heavy atom. The molecule has 0 unspecified atom stereocenters. The molecule has 0 heterocycles. The highest BCUT2D eigenvalue weighted by Crippen LogP contribution is 2.45. The molecule has 8 nitrogen and oxygen atoms in total. The summed E-state index contributed by atoms with van der Waals surface area (Å²) in [4.78, 5) is 31.2. The summed E-state index contributed by atoms with van der Waals surface area (Å²) in [5, 5.41) is 23.9. The number of hydrogen-bond acceptors (Lipinski definition) is 6. The number of carbonyl (C=O) groups is 2. The van der Waals surface area contributed by atoms with Gasteiger partial charge in [-0.2, -0.15) is 0 Å². The first-order valence-corrected chi connectivity index (χ1v) is 16.6. The van der Waals surface area contributed by atoms with E-state index in [1.54, 1.807) is 40.3 Å². The van der Waals surface area contributed by atoms with Crippen LogP contribution in [0.3, 0.4) is 0 Å². The zero-order chi connectivity index (χ0) is 34.5. The highest BCUT2D eigenvalue weighted by Gasteiger charge is 2.34. The van der Waals surface area contributed by atoms with Gasteiger partial charge in [0.2, 0.25) is 11.8 Å². The van der Waals surface area contributed by atoms with Gasteiger partial charge in [-0.05, 0) is 35.1 Å². The quantitative estimate of drug-likeness (QED) is 0.223. The number of phenols is 2. The van der Waals surface area contributed by atoms with E-state index in [2.05, 4.69) is 0 Å². The lowest BCUT2D eigenvalue weighted by molar-refractivity contribution is -0.130. The van der Waals surface area contributed by atoms with Crippen LogP contribution in [-0.2, 0) is 22.4 Å². The van der Waals surface area contributed by atoms with E-state index in [1.807, 2.05) is 74.5 Å². The van der Waals surface area contributed by atoms with Crippen molar-refractivity contribution in [3.8, 4) is 23.0 Å². The maximum Gasteiger partial charge on any atom is 0.234 e. The van der Waals surface area contributed by atoms with Crippen molar-refractivity contribution in [1.29, 1.82) is 0 Å². The number of ether oxygens (including phenoxy) is 2. The van der Waals surface area contributed by atoms with Crippen LogP contribution in [0.5, 0.6) is 23.0 Å². The van der Waals surface area contributed by atoms with Crippen LogP contribution in [0.2, 0.25) is 0 Å². The molecule has 0 saturated carbocycles. The van der Waals surface area contributed by atoms with Gasteiger partial charge in [-0.1, -0.05) is 86.6 Å². The van der Waals surface area contributed by atoms with Crippen molar-refractivity contribution in [2.45, 2.75) is 51.4 Å². The van der Waals surface area contributed by atoms with E-state index in [0.29, 0.717) is 58.1 Å². The highest BCUT2D eigenvalue weighted by atomic mass is 16.5. The van der Waals surface area contributed by atoms with Crippen molar-refractivity contribution < 1.29 is 29.3 Å². The third-order valence-corrected chi connectivity index (χ3v) is 8.84. The van der Waals surface area contributed by atoms with E-state index in [4.69, 9.17) is 9.47 Å². The number of benzene rings is 4. The molecule has 0 aliphatic heterocycles. The van der Waals surface area contributed by atoms with E-state index < -0.39 is 11.8 Å². The number of nitrogens with zero attached hydrogens (tertiary/aromatic N) is 2. The first-order chi connectivity index (χ1) is 23.1. The smallest absolute Gasteiger partial charge is 0.234 e. The van der Waals surface area contributed by atoms with Gasteiger partial charge in [-0.15, -0.1) is 0 Å². The standard InChI is InChI=1S/C40H46N2O6/c1-7-21-47-37-27-15-11-19-31(37)33(39(45)41(3)4)29-17-10-14-26(36(29)44)24-28-16-12-20-32(38(28)48-22-8-2)34(40(46)42(5)6)30-18-9-13-25(23-27)35(30)43/h9-20,33-34,43-44H,7-8,21-24H2,1-6H3/t33-,34-/m1/s1. The van der Waals surface area contributed by atoms with Gasteiger partial charge < -0.3 is 29.5 Å². The van der Waals surface area contributed by atoms with Crippen LogP contribution >= 0.6 is 0 Å². The largest absolute Gasteiger partial charge is 0.507 e. The van der Waals surface area contributed by atoms with E-state index in [-0.39, 0.29) is 36.2 Å². The van der Waals surface area contributed by atoms with E-state index in [0.717, 1.165) is 24.0 Å². The number of para-hydroxylation sites is 4. The molecule has 2 N–H and O–H groups in total. The zero-order valence-corrected chi connectivity index (χ0v) is 28.7. The minimum atomic E-state index is -0.858. The Morgan fingerprint density at radius 3 is 1.25 bits per heavy atom. The number of aromatic hydroxyl groups is 2. The van der Waals surface area contributed by atoms with E-state index in [9.17, 15) is 19.8 Å². The first kappa shape index (κ1) is 34.4. The Bertz CT molecular complexity index is 1670. The van der Waals surface area contributed by atoms with Crippen molar-refractivity contribution in [2.75, 3.05) is 41.4 Å². The van der Waals surface area contributed by atoms with Crippen LogP contribution in [0.4, 0.5) is 0 Å². The molecule has 1 aliphatic carbocycles. The number of phenolic OH excluding ortho intramolecular Hbond substituents is 2. The van der Waals surface area contributed by atoms with Crippen molar-refractivity contribution >= 4 is 11.8 Å². The second-order valence-electron chi connectivity index (χ2n) is 12.8. The van der Waals surface area contributed by atoms with Gasteiger partial charge in [-0.3, -0.25) is 9.59 Å². The van der Waals surface area contributed by atoms with Gasteiger partial charge in [0.15, 0.2) is 0 Å². The van der Waals surface area contributed by atoms with E-state index >= 15 is 0 Å². The predicted molar refractivity (Wildman–Crippen MR) is 187 cm³/mol. The lowest BCUT2D eigenvalue weighted by atomic mass is 9.83. The summed E-state index contributed by atoms with van der Waals surface area (Å²) >= 11 is 0. The lowest BCUT2D eigenvalue weighted by Gasteiger charge is -2.28. The maximum atomic E-state index is 14.1. The molecule has 8 bridgehead atoms. The average Bonchev–Trinajstić information content (AvgIpc) is 3.06. The summed E-state index contributed by atoms with van der Waals surface area (Å²) in [7, 11) is 6.82. The van der Waals surface area contributed by atoms with Gasteiger partial charge in [-0.25, -0.2) is 0 Å². The van der Waals surface area contributed by atoms with Crippen molar-refractivity contribution in [1.82, 2.24) is 9.80 Å². The third-order valence-electron chi connectivity index (χ3n) is 8.84. The van der Waals surface area contributed by atoms with Gasteiger partial charge in [0.05, 0.1) is 25.0 Å². The molecule has 4 aromatic carbocycles. The molecule has 2 atom stereocenters. The van der Waals surface area contributed by atoms with Gasteiger partial charge in [0, 0.05) is 63.3 Å². The second-order valence-corrected chi connectivity index (χ2v) is 12.8. The summed E-state index contributed by atoms with van der Waals surface area (Å²) in [6.07, 6.45) is 2.05. The van der Waals surface area contributed by atoms with Crippen molar-refractivity contribution in [3.63, 3.8) is 0 Å².